The van der Waals surface area contributed by atoms with Crippen LogP contribution in [0, 0.1) is 6.92 Å². The standard InChI is InChI=1S/C27H25ClF3N7O/c1-3-13-32-24-36-23(17-7-5-4-6-8-17)37-25(38-24)35-22-15-19(10-9-16(22)2)34-26(39)33-18-11-12-21(28)20(14-18)27(29,30)31/h4-12,14-15H,3,13H2,1-2H3,(H2,33,34,39)(H2,32,35,36,37,38). The number of hydrogen-bond donors (Lipinski definition) is 4. The van der Waals surface area contributed by atoms with E-state index in [-0.39, 0.29) is 5.69 Å². The van der Waals surface area contributed by atoms with Gasteiger partial charge in [-0.05, 0) is 49.2 Å². The lowest BCUT2D eigenvalue weighted by Gasteiger charge is -2.14. The molecule has 4 rings (SSSR count). The van der Waals surface area contributed by atoms with E-state index < -0.39 is 22.8 Å². The van der Waals surface area contributed by atoms with Gasteiger partial charge in [0.2, 0.25) is 11.9 Å². The molecule has 3 aromatic carbocycles. The molecule has 0 saturated carbocycles. The topological polar surface area (TPSA) is 104 Å². The Bertz CT molecular complexity index is 1470. The van der Waals surface area contributed by atoms with Crippen molar-refractivity contribution in [1.29, 1.82) is 0 Å². The SMILES string of the molecule is CCCNc1nc(Nc2cc(NC(=O)Nc3ccc(Cl)c(C(F)(F)F)c3)ccc2C)nc(-c2ccccc2)n1. The van der Waals surface area contributed by atoms with Gasteiger partial charge in [-0.25, -0.2) is 4.79 Å². The van der Waals surface area contributed by atoms with Crippen molar-refractivity contribution in [2.45, 2.75) is 26.4 Å². The fraction of sp³-hybridized carbons (Fsp3) is 0.185. The van der Waals surface area contributed by atoms with E-state index in [9.17, 15) is 18.0 Å². The average molecular weight is 556 g/mol. The van der Waals surface area contributed by atoms with Crippen molar-refractivity contribution in [2.24, 2.45) is 0 Å². The van der Waals surface area contributed by atoms with Gasteiger partial charge < -0.3 is 21.3 Å². The summed E-state index contributed by atoms with van der Waals surface area (Å²) in [6.45, 7) is 4.59. The molecule has 0 aliphatic carbocycles. The van der Waals surface area contributed by atoms with Gasteiger partial charge in [0.25, 0.3) is 0 Å². The molecule has 0 aliphatic rings. The molecule has 0 fully saturated rings. The van der Waals surface area contributed by atoms with Crippen LogP contribution in [-0.2, 0) is 6.18 Å². The van der Waals surface area contributed by atoms with E-state index in [1.54, 1.807) is 18.2 Å². The maximum atomic E-state index is 13.1. The van der Waals surface area contributed by atoms with Gasteiger partial charge in [-0.3, -0.25) is 0 Å². The highest BCUT2D eigenvalue weighted by Crippen LogP contribution is 2.36. The summed E-state index contributed by atoms with van der Waals surface area (Å²) in [6.07, 6.45) is -3.76. The summed E-state index contributed by atoms with van der Waals surface area (Å²) in [5.74, 6) is 1.20. The van der Waals surface area contributed by atoms with Gasteiger partial charge in [0, 0.05) is 29.2 Å². The molecule has 1 aromatic heterocycles. The lowest BCUT2D eigenvalue weighted by atomic mass is 10.2. The molecule has 2 amide bonds. The van der Waals surface area contributed by atoms with Crippen LogP contribution in [0.3, 0.4) is 0 Å². The number of urea groups is 1. The summed E-state index contributed by atoms with van der Waals surface area (Å²) in [4.78, 5) is 26.1. The first kappa shape index (κ1) is 27.6. The highest BCUT2D eigenvalue weighted by Gasteiger charge is 2.33. The van der Waals surface area contributed by atoms with Crippen molar-refractivity contribution in [2.75, 3.05) is 27.8 Å². The molecule has 0 bridgehead atoms. The highest BCUT2D eigenvalue weighted by atomic mass is 35.5. The monoisotopic (exact) mass is 555 g/mol. The molecule has 0 atom stereocenters. The van der Waals surface area contributed by atoms with E-state index in [0.717, 1.165) is 29.7 Å². The molecular formula is C27H25ClF3N7O. The zero-order valence-electron chi connectivity index (χ0n) is 21.0. The predicted octanol–water partition coefficient (Wildman–Crippen LogP) is 7.73. The smallest absolute Gasteiger partial charge is 0.354 e. The Morgan fingerprint density at radius 2 is 1.56 bits per heavy atom. The third kappa shape index (κ3) is 7.35. The van der Waals surface area contributed by atoms with Crippen LogP contribution >= 0.6 is 11.6 Å². The molecule has 0 aliphatic heterocycles. The molecule has 12 heteroatoms. The fourth-order valence-corrected chi connectivity index (χ4v) is 3.76. The Balaban J connectivity index is 1.53. The second-order valence-corrected chi connectivity index (χ2v) is 8.93. The molecule has 4 aromatic rings. The number of carbonyl (C=O) groups excluding carboxylic acids is 1. The number of anilines is 5. The highest BCUT2D eigenvalue weighted by molar-refractivity contribution is 6.31. The van der Waals surface area contributed by atoms with E-state index in [4.69, 9.17) is 11.6 Å². The van der Waals surface area contributed by atoms with Crippen molar-refractivity contribution in [3.8, 4) is 11.4 Å². The van der Waals surface area contributed by atoms with Crippen LogP contribution in [0.2, 0.25) is 5.02 Å². The number of carbonyl (C=O) groups is 1. The van der Waals surface area contributed by atoms with Crippen molar-refractivity contribution in [1.82, 2.24) is 15.0 Å². The summed E-state index contributed by atoms with van der Waals surface area (Å²) in [5.41, 5.74) is 1.59. The maximum absolute atomic E-state index is 13.1. The number of nitrogens with one attached hydrogen (secondary N) is 4. The zero-order chi connectivity index (χ0) is 28.0. The summed E-state index contributed by atoms with van der Waals surface area (Å²) in [6, 6.07) is 17.0. The van der Waals surface area contributed by atoms with Crippen molar-refractivity contribution >= 4 is 46.6 Å². The van der Waals surface area contributed by atoms with Crippen LogP contribution in [0.25, 0.3) is 11.4 Å². The Labute approximate surface area is 228 Å². The number of halogens is 4. The second-order valence-electron chi connectivity index (χ2n) is 8.53. The first-order valence-electron chi connectivity index (χ1n) is 12.0. The third-order valence-corrected chi connectivity index (χ3v) is 5.80. The van der Waals surface area contributed by atoms with E-state index in [1.165, 1.54) is 6.07 Å². The van der Waals surface area contributed by atoms with Crippen molar-refractivity contribution < 1.29 is 18.0 Å². The van der Waals surface area contributed by atoms with Gasteiger partial charge in [-0.1, -0.05) is 54.9 Å². The van der Waals surface area contributed by atoms with E-state index in [1.807, 2.05) is 44.2 Å². The number of rotatable bonds is 8. The van der Waals surface area contributed by atoms with Gasteiger partial charge in [-0.2, -0.15) is 28.1 Å². The van der Waals surface area contributed by atoms with Crippen LogP contribution in [0.4, 0.5) is 46.9 Å². The molecule has 0 spiro atoms. The summed E-state index contributed by atoms with van der Waals surface area (Å²) < 4.78 is 39.4. The summed E-state index contributed by atoms with van der Waals surface area (Å²) in [5, 5.41) is 10.9. The number of benzene rings is 3. The van der Waals surface area contributed by atoms with Gasteiger partial charge in [0.05, 0.1) is 10.6 Å². The number of hydrogen-bond acceptors (Lipinski definition) is 6. The fourth-order valence-electron chi connectivity index (χ4n) is 3.53. The van der Waals surface area contributed by atoms with Gasteiger partial charge in [-0.15, -0.1) is 0 Å². The van der Waals surface area contributed by atoms with Crippen LogP contribution in [0.15, 0.2) is 66.7 Å². The predicted molar refractivity (Wildman–Crippen MR) is 148 cm³/mol. The minimum absolute atomic E-state index is 0.0552. The van der Waals surface area contributed by atoms with Crippen LogP contribution in [0.1, 0.15) is 24.5 Å². The molecule has 1 heterocycles. The van der Waals surface area contributed by atoms with Gasteiger partial charge >= 0.3 is 12.2 Å². The number of alkyl halides is 3. The van der Waals surface area contributed by atoms with Crippen LogP contribution < -0.4 is 21.3 Å². The molecule has 0 saturated heterocycles. The zero-order valence-corrected chi connectivity index (χ0v) is 21.8. The average Bonchev–Trinajstić information content (AvgIpc) is 2.90. The number of aromatic nitrogens is 3. The molecule has 39 heavy (non-hydrogen) atoms. The first-order valence-corrected chi connectivity index (χ1v) is 12.4. The van der Waals surface area contributed by atoms with Crippen molar-refractivity contribution in [3.05, 3.63) is 82.9 Å². The largest absolute Gasteiger partial charge is 0.417 e. The lowest BCUT2D eigenvalue weighted by molar-refractivity contribution is -0.137. The second kappa shape index (κ2) is 12.0. The molecule has 8 nitrogen and oxygen atoms in total. The Morgan fingerprint density at radius 1 is 0.897 bits per heavy atom. The molecule has 202 valence electrons. The third-order valence-electron chi connectivity index (χ3n) is 5.47. The first-order chi connectivity index (χ1) is 18.6. The minimum Gasteiger partial charge on any atom is -0.354 e. The molecule has 0 radical (unpaired) electrons. The quantitative estimate of drug-likeness (QED) is 0.177. The number of aryl methyl sites for hydroxylation is 1. The van der Waals surface area contributed by atoms with E-state index in [2.05, 4.69) is 36.2 Å². The lowest BCUT2D eigenvalue weighted by Crippen LogP contribution is -2.20. The number of nitrogens with zero attached hydrogens (tertiary/aromatic N) is 3. The van der Waals surface area contributed by atoms with E-state index >= 15 is 0 Å². The molecular weight excluding hydrogens is 531 g/mol. The maximum Gasteiger partial charge on any atom is 0.417 e. The van der Waals surface area contributed by atoms with Gasteiger partial charge in [0.1, 0.15) is 0 Å². The van der Waals surface area contributed by atoms with Crippen LogP contribution in [-0.4, -0.2) is 27.5 Å². The Hall–Kier alpha value is -4.38. The van der Waals surface area contributed by atoms with E-state index in [0.29, 0.717) is 35.6 Å². The number of amides is 2. The molecule has 0 unspecified atom stereocenters. The normalized spacial score (nSPS) is 11.1. The van der Waals surface area contributed by atoms with Gasteiger partial charge in [0.15, 0.2) is 5.82 Å². The Morgan fingerprint density at radius 3 is 2.26 bits per heavy atom. The van der Waals surface area contributed by atoms with Crippen LogP contribution in [0.5, 0.6) is 0 Å². The Kier molecular flexibility index (Phi) is 8.50. The summed E-state index contributed by atoms with van der Waals surface area (Å²) in [7, 11) is 0. The molecule has 4 N–H and O–H groups in total. The summed E-state index contributed by atoms with van der Waals surface area (Å²) >= 11 is 5.65. The van der Waals surface area contributed by atoms with Crippen molar-refractivity contribution in [3.63, 3.8) is 0 Å². The minimum atomic E-state index is -4.65.